The molecule has 0 radical (unpaired) electrons. The van der Waals surface area contributed by atoms with E-state index in [0.717, 1.165) is 12.8 Å². The molecule has 3 heteroatoms. The van der Waals surface area contributed by atoms with Gasteiger partial charge in [-0.2, -0.15) is 0 Å². The Morgan fingerprint density at radius 1 is 1.17 bits per heavy atom. The van der Waals surface area contributed by atoms with Crippen molar-refractivity contribution in [2.75, 3.05) is 6.54 Å². The SMILES string of the molecule is C=CCNC(=O)C(N)CCCCCCCCCC. The summed E-state index contributed by atoms with van der Waals surface area (Å²) in [6.07, 6.45) is 12.6. The number of hydrogen-bond donors (Lipinski definition) is 2. The summed E-state index contributed by atoms with van der Waals surface area (Å²) in [6, 6.07) is -0.356. The molecule has 1 atom stereocenters. The van der Waals surface area contributed by atoms with Crippen molar-refractivity contribution in [3.8, 4) is 0 Å². The summed E-state index contributed by atoms with van der Waals surface area (Å²) in [5.41, 5.74) is 5.79. The summed E-state index contributed by atoms with van der Waals surface area (Å²) in [5.74, 6) is -0.0576. The van der Waals surface area contributed by atoms with Gasteiger partial charge in [0.25, 0.3) is 0 Å². The lowest BCUT2D eigenvalue weighted by molar-refractivity contribution is -0.122. The Kier molecular flexibility index (Phi) is 12.0. The van der Waals surface area contributed by atoms with Crippen molar-refractivity contribution in [3.63, 3.8) is 0 Å². The van der Waals surface area contributed by atoms with Gasteiger partial charge in [-0.05, 0) is 6.42 Å². The van der Waals surface area contributed by atoms with Gasteiger partial charge in [-0.15, -0.1) is 6.58 Å². The van der Waals surface area contributed by atoms with E-state index < -0.39 is 0 Å². The van der Waals surface area contributed by atoms with Crippen LogP contribution in [0.25, 0.3) is 0 Å². The van der Waals surface area contributed by atoms with Crippen LogP contribution >= 0.6 is 0 Å². The van der Waals surface area contributed by atoms with E-state index in [1.165, 1.54) is 44.9 Å². The Bertz CT molecular complexity index is 217. The fraction of sp³-hybridized carbons (Fsp3) is 0.800. The molecule has 0 saturated heterocycles. The van der Waals surface area contributed by atoms with E-state index >= 15 is 0 Å². The van der Waals surface area contributed by atoms with Gasteiger partial charge in [-0.3, -0.25) is 4.79 Å². The first kappa shape index (κ1) is 17.2. The molecule has 0 aromatic carbocycles. The summed E-state index contributed by atoms with van der Waals surface area (Å²) in [5, 5.41) is 2.73. The first-order valence-electron chi connectivity index (χ1n) is 7.36. The third-order valence-corrected chi connectivity index (χ3v) is 3.13. The molecule has 0 aliphatic carbocycles. The molecule has 3 nitrogen and oxygen atoms in total. The van der Waals surface area contributed by atoms with E-state index in [1.54, 1.807) is 6.08 Å². The van der Waals surface area contributed by atoms with E-state index in [0.29, 0.717) is 6.54 Å². The standard InChI is InChI=1S/C15H30N2O/c1-3-5-6-7-8-9-10-11-12-14(16)15(18)17-13-4-2/h4,14H,2-3,5-13,16H2,1H3,(H,17,18). The van der Waals surface area contributed by atoms with Gasteiger partial charge in [0, 0.05) is 6.54 Å². The first-order chi connectivity index (χ1) is 8.72. The number of nitrogens with two attached hydrogens (primary N) is 1. The zero-order valence-electron chi connectivity index (χ0n) is 11.9. The second kappa shape index (κ2) is 12.6. The molecule has 3 N–H and O–H groups in total. The molecule has 0 saturated carbocycles. The van der Waals surface area contributed by atoms with Crippen molar-refractivity contribution in [2.45, 2.75) is 70.8 Å². The van der Waals surface area contributed by atoms with Crippen molar-refractivity contribution in [2.24, 2.45) is 5.73 Å². The van der Waals surface area contributed by atoms with E-state index in [9.17, 15) is 4.79 Å². The summed E-state index contributed by atoms with van der Waals surface area (Å²) in [4.78, 5) is 11.5. The highest BCUT2D eigenvalue weighted by atomic mass is 16.2. The lowest BCUT2D eigenvalue weighted by atomic mass is 10.0. The number of carbonyl (C=O) groups is 1. The molecule has 0 aromatic rings. The maximum absolute atomic E-state index is 11.5. The predicted molar refractivity (Wildman–Crippen MR) is 78.4 cm³/mol. The highest BCUT2D eigenvalue weighted by Gasteiger charge is 2.11. The molecule has 18 heavy (non-hydrogen) atoms. The van der Waals surface area contributed by atoms with E-state index in [1.807, 2.05) is 0 Å². The normalized spacial score (nSPS) is 12.1. The predicted octanol–water partition coefficient (Wildman–Crippen LogP) is 3.15. The van der Waals surface area contributed by atoms with Crippen molar-refractivity contribution in [1.29, 1.82) is 0 Å². The molecular formula is C15H30N2O. The molecule has 0 aromatic heterocycles. The van der Waals surface area contributed by atoms with E-state index in [2.05, 4.69) is 18.8 Å². The van der Waals surface area contributed by atoms with Gasteiger partial charge in [0.15, 0.2) is 0 Å². The van der Waals surface area contributed by atoms with Crippen LogP contribution in [0.15, 0.2) is 12.7 Å². The Labute approximate surface area is 112 Å². The third kappa shape index (κ3) is 10.3. The summed E-state index contributed by atoms with van der Waals surface area (Å²) >= 11 is 0. The lowest BCUT2D eigenvalue weighted by Gasteiger charge is -2.10. The Balaban J connectivity index is 3.31. The van der Waals surface area contributed by atoms with Crippen LogP contribution in [0.1, 0.15) is 64.7 Å². The van der Waals surface area contributed by atoms with Gasteiger partial charge in [-0.1, -0.05) is 64.4 Å². The molecular weight excluding hydrogens is 224 g/mol. The fourth-order valence-electron chi connectivity index (χ4n) is 1.93. The highest BCUT2D eigenvalue weighted by Crippen LogP contribution is 2.10. The summed E-state index contributed by atoms with van der Waals surface area (Å²) in [6.45, 7) is 6.29. The topological polar surface area (TPSA) is 55.1 Å². The zero-order chi connectivity index (χ0) is 13.6. The molecule has 0 bridgehead atoms. The second-order valence-electron chi connectivity index (χ2n) is 4.90. The Morgan fingerprint density at radius 3 is 2.28 bits per heavy atom. The molecule has 1 unspecified atom stereocenters. The average Bonchev–Trinajstić information content (AvgIpc) is 2.38. The lowest BCUT2D eigenvalue weighted by Crippen LogP contribution is -2.40. The molecule has 1 amide bonds. The summed E-state index contributed by atoms with van der Waals surface area (Å²) < 4.78 is 0. The van der Waals surface area contributed by atoms with Crippen molar-refractivity contribution in [3.05, 3.63) is 12.7 Å². The van der Waals surface area contributed by atoms with Gasteiger partial charge < -0.3 is 11.1 Å². The smallest absolute Gasteiger partial charge is 0.237 e. The van der Waals surface area contributed by atoms with Crippen LogP contribution in [0.4, 0.5) is 0 Å². The number of unbranched alkanes of at least 4 members (excludes halogenated alkanes) is 7. The van der Waals surface area contributed by atoms with Crippen molar-refractivity contribution < 1.29 is 4.79 Å². The number of amides is 1. The van der Waals surface area contributed by atoms with Gasteiger partial charge in [0.2, 0.25) is 5.91 Å². The Morgan fingerprint density at radius 2 is 1.72 bits per heavy atom. The first-order valence-corrected chi connectivity index (χ1v) is 7.36. The van der Waals surface area contributed by atoms with Crippen molar-refractivity contribution >= 4 is 5.91 Å². The van der Waals surface area contributed by atoms with Crippen LogP contribution in [0.2, 0.25) is 0 Å². The van der Waals surface area contributed by atoms with Crippen LogP contribution in [-0.4, -0.2) is 18.5 Å². The zero-order valence-corrected chi connectivity index (χ0v) is 11.9. The van der Waals surface area contributed by atoms with Crippen molar-refractivity contribution in [1.82, 2.24) is 5.32 Å². The van der Waals surface area contributed by atoms with Crippen LogP contribution < -0.4 is 11.1 Å². The highest BCUT2D eigenvalue weighted by molar-refractivity contribution is 5.81. The third-order valence-electron chi connectivity index (χ3n) is 3.13. The van der Waals surface area contributed by atoms with Gasteiger partial charge >= 0.3 is 0 Å². The largest absolute Gasteiger partial charge is 0.351 e. The molecule has 0 spiro atoms. The van der Waals surface area contributed by atoms with Crippen LogP contribution in [0, 0.1) is 0 Å². The Hall–Kier alpha value is -0.830. The van der Waals surface area contributed by atoms with Crippen LogP contribution in [-0.2, 0) is 4.79 Å². The number of hydrogen-bond acceptors (Lipinski definition) is 2. The molecule has 106 valence electrons. The average molecular weight is 254 g/mol. The van der Waals surface area contributed by atoms with Gasteiger partial charge in [0.05, 0.1) is 6.04 Å². The molecule has 0 heterocycles. The maximum Gasteiger partial charge on any atom is 0.237 e. The minimum Gasteiger partial charge on any atom is -0.351 e. The minimum absolute atomic E-state index is 0.0576. The number of nitrogens with one attached hydrogen (secondary N) is 1. The molecule has 0 rings (SSSR count). The molecule has 0 aliphatic rings. The van der Waals surface area contributed by atoms with Crippen LogP contribution in [0.3, 0.4) is 0 Å². The second-order valence-corrected chi connectivity index (χ2v) is 4.90. The minimum atomic E-state index is -0.356. The fourth-order valence-corrected chi connectivity index (χ4v) is 1.93. The van der Waals surface area contributed by atoms with Gasteiger partial charge in [-0.25, -0.2) is 0 Å². The van der Waals surface area contributed by atoms with E-state index in [-0.39, 0.29) is 11.9 Å². The van der Waals surface area contributed by atoms with E-state index in [4.69, 9.17) is 5.73 Å². The van der Waals surface area contributed by atoms with Gasteiger partial charge in [0.1, 0.15) is 0 Å². The number of carbonyl (C=O) groups excluding carboxylic acids is 1. The summed E-state index contributed by atoms with van der Waals surface area (Å²) in [7, 11) is 0. The quantitative estimate of drug-likeness (QED) is 0.415. The van der Waals surface area contributed by atoms with Crippen LogP contribution in [0.5, 0.6) is 0 Å². The molecule has 0 fully saturated rings. The number of rotatable bonds is 12. The monoisotopic (exact) mass is 254 g/mol. The molecule has 0 aliphatic heterocycles. The maximum atomic E-state index is 11.5.